The van der Waals surface area contributed by atoms with E-state index in [-0.39, 0.29) is 17.9 Å². The number of carbonyl (C=O) groups is 1. The van der Waals surface area contributed by atoms with Gasteiger partial charge < -0.3 is 5.11 Å². The van der Waals surface area contributed by atoms with E-state index >= 15 is 0 Å². The van der Waals surface area contributed by atoms with Crippen LogP contribution < -0.4 is 0 Å². The van der Waals surface area contributed by atoms with Crippen molar-refractivity contribution in [3.63, 3.8) is 0 Å². The fourth-order valence-electron chi connectivity index (χ4n) is 2.29. The van der Waals surface area contributed by atoms with Crippen LogP contribution in [0.5, 0.6) is 0 Å². The second-order valence-corrected chi connectivity index (χ2v) is 5.89. The largest absolute Gasteiger partial charge is 0.481 e. The van der Waals surface area contributed by atoms with Gasteiger partial charge in [-0.25, -0.2) is 0 Å². The van der Waals surface area contributed by atoms with Crippen molar-refractivity contribution in [2.45, 2.75) is 59.0 Å². The zero-order valence-corrected chi connectivity index (χ0v) is 10.3. The van der Waals surface area contributed by atoms with Crippen molar-refractivity contribution < 1.29 is 9.90 Å². The molecular weight excluding hydrogens is 190 g/mol. The fourth-order valence-corrected chi connectivity index (χ4v) is 2.29. The quantitative estimate of drug-likeness (QED) is 0.779. The van der Waals surface area contributed by atoms with E-state index in [0.717, 1.165) is 13.0 Å². The number of hydrogen-bond donors (Lipinski definition) is 1. The summed E-state index contributed by atoms with van der Waals surface area (Å²) in [6, 6.07) is 0.781. The first kappa shape index (κ1) is 12.5. The Labute approximate surface area is 92.5 Å². The van der Waals surface area contributed by atoms with Crippen LogP contribution in [-0.2, 0) is 4.79 Å². The molecule has 0 radical (unpaired) electrons. The molecule has 0 aliphatic carbocycles. The first-order valence-corrected chi connectivity index (χ1v) is 5.77. The zero-order valence-electron chi connectivity index (χ0n) is 10.3. The molecule has 0 aromatic carbocycles. The normalized spacial score (nSPS) is 24.7. The highest BCUT2D eigenvalue weighted by molar-refractivity contribution is 5.67. The summed E-state index contributed by atoms with van der Waals surface area (Å²) < 4.78 is 0. The van der Waals surface area contributed by atoms with Crippen LogP contribution in [-0.4, -0.2) is 34.6 Å². The third kappa shape index (κ3) is 3.82. The minimum atomic E-state index is -0.677. The molecule has 0 aromatic rings. The minimum absolute atomic E-state index is 0.204. The molecule has 0 spiro atoms. The molecular formula is C12H23NO2. The van der Waals surface area contributed by atoms with Crippen LogP contribution in [0.15, 0.2) is 0 Å². The van der Waals surface area contributed by atoms with Crippen LogP contribution in [0.1, 0.15) is 47.0 Å². The molecule has 1 aliphatic heterocycles. The van der Waals surface area contributed by atoms with Crippen LogP contribution in [0.2, 0.25) is 0 Å². The van der Waals surface area contributed by atoms with Crippen LogP contribution in [0.4, 0.5) is 0 Å². The maximum Gasteiger partial charge on any atom is 0.304 e. The molecule has 1 heterocycles. The molecule has 0 saturated carbocycles. The number of rotatable bonds is 4. The summed E-state index contributed by atoms with van der Waals surface area (Å²) in [6.07, 6.45) is 2.45. The maximum absolute atomic E-state index is 10.8. The van der Waals surface area contributed by atoms with Crippen molar-refractivity contribution in [3.8, 4) is 0 Å². The van der Waals surface area contributed by atoms with Crippen molar-refractivity contribution in [2.24, 2.45) is 5.41 Å². The molecule has 1 rings (SSSR count). The van der Waals surface area contributed by atoms with E-state index in [9.17, 15) is 4.79 Å². The molecule has 88 valence electrons. The Balaban J connectivity index is 2.57. The van der Waals surface area contributed by atoms with Gasteiger partial charge in [0.2, 0.25) is 0 Å². The Morgan fingerprint density at radius 2 is 2.13 bits per heavy atom. The lowest BCUT2D eigenvalue weighted by Crippen LogP contribution is -2.53. The van der Waals surface area contributed by atoms with Crippen LogP contribution in [0.25, 0.3) is 0 Å². The second kappa shape index (κ2) is 4.52. The molecule has 0 bridgehead atoms. The van der Waals surface area contributed by atoms with Gasteiger partial charge in [-0.2, -0.15) is 0 Å². The Hall–Kier alpha value is -0.570. The molecule has 3 heteroatoms. The third-order valence-electron chi connectivity index (χ3n) is 3.10. The van der Waals surface area contributed by atoms with Gasteiger partial charge in [-0.05, 0) is 25.2 Å². The number of aliphatic carboxylic acids is 1. The highest BCUT2D eigenvalue weighted by Gasteiger charge is 2.34. The van der Waals surface area contributed by atoms with E-state index in [2.05, 4.69) is 32.6 Å². The highest BCUT2D eigenvalue weighted by atomic mass is 16.4. The molecule has 3 nitrogen and oxygen atoms in total. The molecule has 0 aromatic heterocycles. The van der Waals surface area contributed by atoms with E-state index in [1.807, 2.05) is 0 Å². The average Bonchev–Trinajstić information content (AvgIpc) is 1.96. The number of carboxylic acids is 1. The van der Waals surface area contributed by atoms with Gasteiger partial charge in [0.05, 0.1) is 6.42 Å². The van der Waals surface area contributed by atoms with Crippen LogP contribution in [0.3, 0.4) is 0 Å². The predicted molar refractivity (Wildman–Crippen MR) is 60.9 cm³/mol. The molecule has 1 N–H and O–H groups in total. The molecule has 2 atom stereocenters. The molecule has 1 aliphatic rings. The second-order valence-electron chi connectivity index (χ2n) is 5.89. The van der Waals surface area contributed by atoms with E-state index in [1.165, 1.54) is 6.42 Å². The first-order valence-electron chi connectivity index (χ1n) is 5.77. The summed E-state index contributed by atoms with van der Waals surface area (Å²) in [6.45, 7) is 9.76. The topological polar surface area (TPSA) is 40.5 Å². The van der Waals surface area contributed by atoms with Gasteiger partial charge in [-0.15, -0.1) is 0 Å². The van der Waals surface area contributed by atoms with E-state index in [0.29, 0.717) is 6.04 Å². The van der Waals surface area contributed by atoms with E-state index < -0.39 is 5.97 Å². The van der Waals surface area contributed by atoms with Crippen molar-refractivity contribution in [1.82, 2.24) is 4.90 Å². The van der Waals surface area contributed by atoms with E-state index in [1.54, 1.807) is 0 Å². The fraction of sp³-hybridized carbons (Fsp3) is 0.917. The monoisotopic (exact) mass is 213 g/mol. The highest BCUT2D eigenvalue weighted by Crippen LogP contribution is 2.30. The van der Waals surface area contributed by atoms with Gasteiger partial charge >= 0.3 is 5.97 Å². The van der Waals surface area contributed by atoms with Crippen molar-refractivity contribution in [3.05, 3.63) is 0 Å². The summed E-state index contributed by atoms with van der Waals surface area (Å²) in [7, 11) is 0. The van der Waals surface area contributed by atoms with Gasteiger partial charge in [-0.3, -0.25) is 9.69 Å². The molecule has 1 saturated heterocycles. The third-order valence-corrected chi connectivity index (χ3v) is 3.10. The summed E-state index contributed by atoms with van der Waals surface area (Å²) in [5.74, 6) is -0.677. The van der Waals surface area contributed by atoms with Gasteiger partial charge in [0.1, 0.15) is 0 Å². The summed E-state index contributed by atoms with van der Waals surface area (Å²) in [5, 5.41) is 8.91. The van der Waals surface area contributed by atoms with E-state index in [4.69, 9.17) is 5.11 Å². The van der Waals surface area contributed by atoms with Crippen molar-refractivity contribution in [1.29, 1.82) is 0 Å². The predicted octanol–water partition coefficient (Wildman–Crippen LogP) is 2.36. The van der Waals surface area contributed by atoms with Crippen molar-refractivity contribution in [2.75, 3.05) is 6.54 Å². The van der Waals surface area contributed by atoms with Gasteiger partial charge in [-0.1, -0.05) is 20.8 Å². The minimum Gasteiger partial charge on any atom is -0.481 e. The first-order chi connectivity index (χ1) is 6.79. The SMILES string of the molecule is CC1CCN1C(CC(=O)O)CC(C)(C)C. The zero-order chi connectivity index (χ0) is 11.6. The van der Waals surface area contributed by atoms with Crippen LogP contribution in [0, 0.1) is 5.41 Å². The maximum atomic E-state index is 10.8. The Morgan fingerprint density at radius 1 is 1.53 bits per heavy atom. The summed E-state index contributed by atoms with van der Waals surface area (Å²) in [5.41, 5.74) is 0.204. The van der Waals surface area contributed by atoms with Gasteiger partial charge in [0, 0.05) is 18.6 Å². The smallest absolute Gasteiger partial charge is 0.304 e. The lowest BCUT2D eigenvalue weighted by Gasteiger charge is -2.46. The average molecular weight is 213 g/mol. The molecule has 0 amide bonds. The van der Waals surface area contributed by atoms with Gasteiger partial charge in [0.15, 0.2) is 0 Å². The molecule has 15 heavy (non-hydrogen) atoms. The van der Waals surface area contributed by atoms with Gasteiger partial charge in [0.25, 0.3) is 0 Å². The Morgan fingerprint density at radius 3 is 2.40 bits per heavy atom. The molecule has 1 fully saturated rings. The lowest BCUT2D eigenvalue weighted by molar-refractivity contribution is -0.139. The van der Waals surface area contributed by atoms with Crippen LogP contribution >= 0.6 is 0 Å². The number of carboxylic acid groups (broad SMARTS) is 1. The number of nitrogens with zero attached hydrogens (tertiary/aromatic N) is 1. The van der Waals surface area contributed by atoms with Crippen molar-refractivity contribution >= 4 is 5.97 Å². The summed E-state index contributed by atoms with van der Waals surface area (Å²) >= 11 is 0. The number of hydrogen-bond acceptors (Lipinski definition) is 2. The number of likely N-dealkylation sites (tertiary alicyclic amines) is 1. The summed E-state index contributed by atoms with van der Waals surface area (Å²) in [4.78, 5) is 13.2. The standard InChI is InChI=1S/C12H23NO2/c1-9-5-6-13(9)10(7-11(14)15)8-12(2,3)4/h9-10H,5-8H2,1-4H3,(H,14,15). The lowest BCUT2D eigenvalue weighted by atomic mass is 9.84. The molecule has 2 unspecified atom stereocenters. The Kier molecular flexibility index (Phi) is 3.77. The Bertz CT molecular complexity index is 232.